The molecule has 1 radical (unpaired) electrons. The molecule has 8 nitrogen and oxygen atoms in total. The summed E-state index contributed by atoms with van der Waals surface area (Å²) in [6.45, 7) is 3.50. The number of unbranched alkanes of at least 4 members (excludes halogenated alkanes) is 8. The van der Waals surface area contributed by atoms with Crippen molar-refractivity contribution in [3.05, 3.63) is 0 Å². The minimum atomic E-state index is -1.25. The van der Waals surface area contributed by atoms with Crippen molar-refractivity contribution in [2.24, 2.45) is 0 Å². The Bertz CT molecular complexity index is 407. The van der Waals surface area contributed by atoms with E-state index in [1.54, 1.807) is 0 Å². The Balaban J connectivity index is -0.000000451. The van der Waals surface area contributed by atoms with E-state index in [0.29, 0.717) is 12.8 Å². The average Bonchev–Trinajstić information content (AvgIpc) is 2.65. The van der Waals surface area contributed by atoms with Gasteiger partial charge in [0.05, 0.1) is 25.0 Å². The molecule has 0 heterocycles. The van der Waals surface area contributed by atoms with E-state index >= 15 is 0 Å². The minimum Gasteiger partial charge on any atom is -0.548 e. The molecule has 0 bridgehead atoms. The fourth-order valence-corrected chi connectivity index (χ4v) is 2.30. The molecule has 2 amide bonds. The number of aliphatic carboxylic acids is 2. The number of hydrogen-bond donors (Lipinski definition) is 2. The van der Waals surface area contributed by atoms with Gasteiger partial charge in [0, 0.05) is 12.8 Å². The van der Waals surface area contributed by atoms with Gasteiger partial charge in [-0.05, 0) is 12.8 Å². The molecule has 0 spiro atoms. The Morgan fingerprint density at radius 1 is 0.586 bits per heavy atom. The third kappa shape index (κ3) is 31.3. The molecule has 9 heteroatoms. The summed E-state index contributed by atoms with van der Waals surface area (Å²) >= 11 is 0. The van der Waals surface area contributed by atoms with E-state index in [9.17, 15) is 29.4 Å². The van der Waals surface area contributed by atoms with Gasteiger partial charge in [0.25, 0.3) is 0 Å². The van der Waals surface area contributed by atoms with Gasteiger partial charge in [0.1, 0.15) is 0 Å². The van der Waals surface area contributed by atoms with Crippen LogP contribution in [0, 0.1) is 0 Å². The van der Waals surface area contributed by atoms with Crippen LogP contribution < -0.4 is 20.8 Å². The summed E-state index contributed by atoms with van der Waals surface area (Å²) in [6, 6.07) is 0. The standard InChI is InChI=1S/2C10H19NO3.Cu/c2*1-2-3-4-5-6-7-9(12)11-8-10(13)14;/h2*2-8H2,1H3,(H,11,12)(H,13,14);/q;;+2/p-2. The maximum atomic E-state index is 11.0. The van der Waals surface area contributed by atoms with Crippen LogP contribution in [0.2, 0.25) is 0 Å². The van der Waals surface area contributed by atoms with Crippen molar-refractivity contribution in [1.29, 1.82) is 0 Å². The quantitative estimate of drug-likeness (QED) is 0.251. The average molecular weight is 464 g/mol. The van der Waals surface area contributed by atoms with Gasteiger partial charge in [-0.15, -0.1) is 0 Å². The molecule has 0 saturated carbocycles. The van der Waals surface area contributed by atoms with Crippen LogP contribution in [-0.2, 0) is 36.2 Å². The van der Waals surface area contributed by atoms with Gasteiger partial charge >= 0.3 is 17.1 Å². The summed E-state index contributed by atoms with van der Waals surface area (Å²) in [6.07, 6.45) is 11.6. The molecular formula is C20H36CuN2O6. The maximum Gasteiger partial charge on any atom is 2.00 e. The number of nitrogens with one attached hydrogen (secondary N) is 2. The van der Waals surface area contributed by atoms with Crippen LogP contribution in [0.4, 0.5) is 0 Å². The van der Waals surface area contributed by atoms with Crippen LogP contribution >= 0.6 is 0 Å². The van der Waals surface area contributed by atoms with E-state index in [4.69, 9.17) is 0 Å². The molecule has 0 aliphatic rings. The minimum absolute atomic E-state index is 0. The summed E-state index contributed by atoms with van der Waals surface area (Å²) in [5.41, 5.74) is 0. The molecule has 0 fully saturated rings. The van der Waals surface area contributed by atoms with Crippen LogP contribution in [0.25, 0.3) is 0 Å². The zero-order chi connectivity index (χ0) is 21.6. The second-order valence-corrected chi connectivity index (χ2v) is 6.63. The molecule has 29 heavy (non-hydrogen) atoms. The van der Waals surface area contributed by atoms with Crippen molar-refractivity contribution < 1.29 is 46.5 Å². The van der Waals surface area contributed by atoms with E-state index in [0.717, 1.165) is 38.5 Å². The van der Waals surface area contributed by atoms with E-state index in [2.05, 4.69) is 24.5 Å². The van der Waals surface area contributed by atoms with Gasteiger partial charge in [-0.25, -0.2) is 0 Å². The molecule has 2 N–H and O–H groups in total. The molecule has 173 valence electrons. The van der Waals surface area contributed by atoms with Crippen LogP contribution in [0.5, 0.6) is 0 Å². The number of carboxylic acid groups (broad SMARTS) is 2. The van der Waals surface area contributed by atoms with E-state index < -0.39 is 11.9 Å². The first-order valence-electron chi connectivity index (χ1n) is 10.3. The topological polar surface area (TPSA) is 138 Å². The molecule has 0 aliphatic heterocycles. The maximum absolute atomic E-state index is 11.0. The van der Waals surface area contributed by atoms with Crippen molar-refractivity contribution >= 4 is 23.8 Å². The smallest absolute Gasteiger partial charge is 0.548 e. The molecule has 0 unspecified atom stereocenters. The Morgan fingerprint density at radius 2 is 0.897 bits per heavy atom. The molecule has 0 aromatic rings. The van der Waals surface area contributed by atoms with Crippen molar-refractivity contribution in [2.75, 3.05) is 13.1 Å². The van der Waals surface area contributed by atoms with Crippen LogP contribution in [0.3, 0.4) is 0 Å². The third-order valence-electron chi connectivity index (χ3n) is 3.87. The summed E-state index contributed by atoms with van der Waals surface area (Å²) in [4.78, 5) is 41.9. The Morgan fingerprint density at radius 3 is 1.17 bits per heavy atom. The third-order valence-corrected chi connectivity index (χ3v) is 3.87. The molecule has 0 aliphatic carbocycles. The Labute approximate surface area is 185 Å². The van der Waals surface area contributed by atoms with Crippen LogP contribution in [0.1, 0.15) is 90.9 Å². The van der Waals surface area contributed by atoms with Crippen LogP contribution in [0.15, 0.2) is 0 Å². The van der Waals surface area contributed by atoms with E-state index in [1.807, 2.05) is 0 Å². The summed E-state index contributed by atoms with van der Waals surface area (Å²) in [5, 5.41) is 24.5. The summed E-state index contributed by atoms with van der Waals surface area (Å²) in [5.74, 6) is -2.90. The van der Waals surface area contributed by atoms with E-state index in [1.165, 1.54) is 25.7 Å². The Kier molecular flexibility index (Phi) is 27.0. The van der Waals surface area contributed by atoms with Gasteiger partial charge in [-0.1, -0.05) is 65.2 Å². The van der Waals surface area contributed by atoms with Crippen LogP contribution in [-0.4, -0.2) is 36.8 Å². The molecule has 0 atom stereocenters. The molecule has 0 aromatic carbocycles. The van der Waals surface area contributed by atoms with Crippen molar-refractivity contribution in [1.82, 2.24) is 10.6 Å². The van der Waals surface area contributed by atoms with Crippen molar-refractivity contribution in [3.63, 3.8) is 0 Å². The largest absolute Gasteiger partial charge is 2.00 e. The van der Waals surface area contributed by atoms with Gasteiger partial charge < -0.3 is 30.4 Å². The van der Waals surface area contributed by atoms with Gasteiger partial charge in [0.2, 0.25) is 11.8 Å². The number of amides is 2. The first kappa shape index (κ1) is 32.1. The normalized spacial score (nSPS) is 9.45. The van der Waals surface area contributed by atoms with Crippen molar-refractivity contribution in [3.8, 4) is 0 Å². The first-order valence-corrected chi connectivity index (χ1v) is 10.3. The number of carbonyl (C=O) groups is 4. The predicted molar refractivity (Wildman–Crippen MR) is 103 cm³/mol. The SMILES string of the molecule is CCCCCCCC(=O)NCC(=O)[O-].CCCCCCCC(=O)NCC(=O)[O-].[Cu+2]. The molecule has 0 saturated heterocycles. The number of rotatable bonds is 16. The number of carbonyl (C=O) groups excluding carboxylic acids is 4. The predicted octanol–water partition coefficient (Wildman–Crippen LogP) is 0.424. The first-order chi connectivity index (χ1) is 13.3. The molecule has 0 aromatic heterocycles. The van der Waals surface area contributed by atoms with E-state index in [-0.39, 0.29) is 42.0 Å². The fourth-order valence-electron chi connectivity index (χ4n) is 2.30. The second-order valence-electron chi connectivity index (χ2n) is 6.63. The van der Waals surface area contributed by atoms with Gasteiger partial charge in [-0.2, -0.15) is 0 Å². The van der Waals surface area contributed by atoms with Crippen molar-refractivity contribution in [2.45, 2.75) is 90.9 Å². The number of hydrogen-bond acceptors (Lipinski definition) is 6. The zero-order valence-electron chi connectivity index (χ0n) is 17.7. The summed E-state index contributed by atoms with van der Waals surface area (Å²) < 4.78 is 0. The monoisotopic (exact) mass is 463 g/mol. The van der Waals surface area contributed by atoms with Gasteiger partial charge in [-0.3, -0.25) is 9.59 Å². The zero-order valence-corrected chi connectivity index (χ0v) is 18.6. The molecular weight excluding hydrogens is 428 g/mol. The second kappa shape index (κ2) is 24.4. The fraction of sp³-hybridized carbons (Fsp3) is 0.800. The summed E-state index contributed by atoms with van der Waals surface area (Å²) in [7, 11) is 0. The number of carboxylic acids is 2. The Hall–Kier alpha value is -1.60. The molecule has 0 rings (SSSR count). The van der Waals surface area contributed by atoms with Gasteiger partial charge in [0.15, 0.2) is 0 Å².